The molecule has 3 N–H and O–H groups in total. The normalized spacial score (nSPS) is 14.0. The summed E-state index contributed by atoms with van der Waals surface area (Å²) in [5, 5.41) is 10.5. The highest BCUT2D eigenvalue weighted by Crippen LogP contribution is 2.31. The van der Waals surface area contributed by atoms with Crippen molar-refractivity contribution in [2.45, 2.75) is 39.0 Å². The first-order valence-electron chi connectivity index (χ1n) is 12.4. The van der Waals surface area contributed by atoms with Crippen LogP contribution in [0.4, 0.5) is 11.4 Å². The number of nitrogens with zero attached hydrogens (tertiary/aromatic N) is 6. The Morgan fingerprint density at radius 1 is 1.11 bits per heavy atom. The molecule has 0 radical (unpaired) electrons. The van der Waals surface area contributed by atoms with Gasteiger partial charge >= 0.3 is 0 Å². The molecule has 0 unspecified atom stereocenters. The van der Waals surface area contributed by atoms with Gasteiger partial charge in [-0.25, -0.2) is 15.0 Å². The van der Waals surface area contributed by atoms with Gasteiger partial charge in [-0.3, -0.25) is 14.9 Å². The lowest BCUT2D eigenvalue weighted by molar-refractivity contribution is -0.116. The van der Waals surface area contributed by atoms with Gasteiger partial charge in [0.2, 0.25) is 5.91 Å². The second-order valence-corrected chi connectivity index (χ2v) is 9.09. The molecule has 0 atom stereocenters. The molecule has 0 spiro atoms. The number of amides is 1. The molecule has 5 aromatic heterocycles. The lowest BCUT2D eigenvalue weighted by Gasteiger charge is -2.28. The number of hydrogen-bond donors (Lipinski definition) is 3. The molecule has 1 saturated heterocycles. The minimum atomic E-state index is -0.0283. The third-order valence-electron chi connectivity index (χ3n) is 6.49. The van der Waals surface area contributed by atoms with Gasteiger partial charge in [-0.2, -0.15) is 5.10 Å². The zero-order valence-corrected chi connectivity index (χ0v) is 20.1. The van der Waals surface area contributed by atoms with Crippen molar-refractivity contribution in [3.63, 3.8) is 0 Å². The molecule has 1 aliphatic heterocycles. The summed E-state index contributed by atoms with van der Waals surface area (Å²) in [4.78, 5) is 36.3. The summed E-state index contributed by atoms with van der Waals surface area (Å²) in [6.07, 6.45) is 10.1. The SMILES string of the molecule is CCCC(=O)Nc1cncc(-c2ccc3[nH]nc(-c4nc5nccc(N6CCCCC6)c5[nH]4)c3n2)c1. The van der Waals surface area contributed by atoms with E-state index in [1.54, 1.807) is 12.4 Å². The maximum atomic E-state index is 12.0. The largest absolute Gasteiger partial charge is 0.370 e. The third-order valence-corrected chi connectivity index (χ3v) is 6.49. The van der Waals surface area contributed by atoms with Gasteiger partial charge in [-0.15, -0.1) is 0 Å². The van der Waals surface area contributed by atoms with E-state index in [2.05, 4.69) is 35.4 Å². The fourth-order valence-electron chi connectivity index (χ4n) is 4.73. The van der Waals surface area contributed by atoms with Crippen molar-refractivity contribution in [2.75, 3.05) is 23.3 Å². The Hall–Kier alpha value is -4.34. The molecule has 10 heteroatoms. The highest BCUT2D eigenvalue weighted by atomic mass is 16.1. The smallest absolute Gasteiger partial charge is 0.224 e. The van der Waals surface area contributed by atoms with Crippen molar-refractivity contribution >= 4 is 39.5 Å². The maximum Gasteiger partial charge on any atom is 0.224 e. The van der Waals surface area contributed by atoms with Crippen molar-refractivity contribution in [3.8, 4) is 22.8 Å². The first kappa shape index (κ1) is 22.1. The molecule has 1 amide bonds. The van der Waals surface area contributed by atoms with Crippen LogP contribution in [-0.2, 0) is 4.79 Å². The van der Waals surface area contributed by atoms with Gasteiger partial charge < -0.3 is 15.2 Å². The molecule has 0 bridgehead atoms. The molecule has 6 rings (SSSR count). The molecule has 5 aromatic rings. The van der Waals surface area contributed by atoms with Gasteiger partial charge in [0.25, 0.3) is 0 Å². The van der Waals surface area contributed by atoms with Crippen LogP contribution in [0.2, 0.25) is 0 Å². The number of rotatable bonds is 6. The van der Waals surface area contributed by atoms with Gasteiger partial charge in [-0.05, 0) is 49.9 Å². The summed E-state index contributed by atoms with van der Waals surface area (Å²) in [6, 6.07) is 7.78. The van der Waals surface area contributed by atoms with Crippen LogP contribution in [0.1, 0.15) is 39.0 Å². The molecule has 0 saturated carbocycles. The minimum absolute atomic E-state index is 0.0283. The summed E-state index contributed by atoms with van der Waals surface area (Å²) in [7, 11) is 0. The highest BCUT2D eigenvalue weighted by Gasteiger charge is 2.20. The highest BCUT2D eigenvalue weighted by molar-refractivity contribution is 5.94. The fourth-order valence-corrected chi connectivity index (χ4v) is 4.73. The average Bonchev–Trinajstić information content (AvgIpc) is 3.53. The zero-order valence-electron chi connectivity index (χ0n) is 20.1. The van der Waals surface area contributed by atoms with E-state index >= 15 is 0 Å². The molecule has 36 heavy (non-hydrogen) atoms. The molecule has 1 aliphatic rings. The minimum Gasteiger partial charge on any atom is -0.370 e. The Bertz CT molecular complexity index is 1550. The Balaban J connectivity index is 1.37. The number of carbonyl (C=O) groups is 1. The van der Waals surface area contributed by atoms with Crippen LogP contribution < -0.4 is 10.2 Å². The molecular weight excluding hydrogens is 454 g/mol. The molecular formula is C26H27N9O. The first-order valence-corrected chi connectivity index (χ1v) is 12.4. The number of anilines is 2. The van der Waals surface area contributed by atoms with Crippen LogP contribution in [0.3, 0.4) is 0 Å². The average molecular weight is 482 g/mol. The second kappa shape index (κ2) is 9.37. The molecule has 0 aliphatic carbocycles. The molecule has 1 fully saturated rings. The van der Waals surface area contributed by atoms with Gasteiger partial charge in [-0.1, -0.05) is 6.92 Å². The van der Waals surface area contributed by atoms with Crippen molar-refractivity contribution < 1.29 is 4.79 Å². The summed E-state index contributed by atoms with van der Waals surface area (Å²) in [6.45, 7) is 4.05. The Kier molecular flexibility index (Phi) is 5.76. The molecule has 0 aromatic carbocycles. The number of hydrogen-bond acceptors (Lipinski definition) is 7. The number of pyridine rings is 3. The monoisotopic (exact) mass is 481 g/mol. The van der Waals surface area contributed by atoms with E-state index in [-0.39, 0.29) is 5.91 Å². The van der Waals surface area contributed by atoms with E-state index in [0.29, 0.717) is 34.8 Å². The molecule has 6 heterocycles. The second-order valence-electron chi connectivity index (χ2n) is 9.09. The summed E-state index contributed by atoms with van der Waals surface area (Å²) in [5.41, 5.74) is 7.03. The summed E-state index contributed by atoms with van der Waals surface area (Å²) < 4.78 is 0. The number of nitrogens with one attached hydrogen (secondary N) is 3. The zero-order chi connectivity index (χ0) is 24.5. The topological polar surface area (TPSA) is 128 Å². The van der Waals surface area contributed by atoms with Crippen LogP contribution in [0.25, 0.3) is 45.0 Å². The Labute approximate surface area is 207 Å². The van der Waals surface area contributed by atoms with E-state index in [0.717, 1.165) is 47.5 Å². The predicted octanol–water partition coefficient (Wildman–Crippen LogP) is 4.69. The van der Waals surface area contributed by atoms with Crippen LogP contribution in [-0.4, -0.2) is 54.1 Å². The number of aromatic amines is 2. The molecule has 182 valence electrons. The van der Waals surface area contributed by atoms with E-state index in [4.69, 9.17) is 9.97 Å². The summed E-state index contributed by atoms with van der Waals surface area (Å²) in [5.74, 6) is 0.593. The van der Waals surface area contributed by atoms with Crippen LogP contribution in [0, 0.1) is 0 Å². The van der Waals surface area contributed by atoms with Crippen molar-refractivity contribution in [2.24, 2.45) is 0 Å². The van der Waals surface area contributed by atoms with E-state index in [1.165, 1.54) is 19.3 Å². The third kappa shape index (κ3) is 4.15. The van der Waals surface area contributed by atoms with Crippen molar-refractivity contribution in [1.82, 2.24) is 35.1 Å². The van der Waals surface area contributed by atoms with Gasteiger partial charge in [0, 0.05) is 37.5 Å². The number of imidazole rings is 1. The number of H-pyrrole nitrogens is 2. The molecule has 10 nitrogen and oxygen atoms in total. The first-order chi connectivity index (χ1) is 17.7. The van der Waals surface area contributed by atoms with E-state index in [9.17, 15) is 4.79 Å². The van der Waals surface area contributed by atoms with Gasteiger partial charge in [0.1, 0.15) is 11.0 Å². The van der Waals surface area contributed by atoms with Crippen molar-refractivity contribution in [1.29, 1.82) is 0 Å². The van der Waals surface area contributed by atoms with Crippen LogP contribution in [0.5, 0.6) is 0 Å². The Morgan fingerprint density at radius 3 is 2.86 bits per heavy atom. The standard InChI is InChI=1S/C26H27N9O/c1-2-6-21(36)29-17-13-16(14-27-15-17)18-7-8-19-22(30-18)24(34-33-19)26-31-23-20(9-10-28-25(23)32-26)35-11-4-3-5-12-35/h7-10,13-15H,2-6,11-12H2,1H3,(H,29,36)(H,33,34)(H,28,31,32). The number of aromatic nitrogens is 7. The lowest BCUT2D eigenvalue weighted by atomic mass is 10.1. The summed E-state index contributed by atoms with van der Waals surface area (Å²) >= 11 is 0. The Morgan fingerprint density at radius 2 is 2.00 bits per heavy atom. The van der Waals surface area contributed by atoms with Gasteiger partial charge in [0.05, 0.1) is 28.8 Å². The van der Waals surface area contributed by atoms with Crippen LogP contribution in [0.15, 0.2) is 42.9 Å². The van der Waals surface area contributed by atoms with E-state index in [1.807, 2.05) is 37.4 Å². The maximum absolute atomic E-state index is 12.0. The quantitative estimate of drug-likeness (QED) is 0.321. The predicted molar refractivity (Wildman–Crippen MR) is 140 cm³/mol. The van der Waals surface area contributed by atoms with Crippen LogP contribution >= 0.6 is 0 Å². The number of piperidine rings is 1. The van der Waals surface area contributed by atoms with E-state index < -0.39 is 0 Å². The van der Waals surface area contributed by atoms with Gasteiger partial charge in [0.15, 0.2) is 17.2 Å². The number of carbonyl (C=O) groups excluding carboxylic acids is 1. The lowest BCUT2D eigenvalue weighted by Crippen LogP contribution is -2.29. The number of fused-ring (bicyclic) bond motifs is 2. The van der Waals surface area contributed by atoms with Crippen molar-refractivity contribution in [3.05, 3.63) is 42.9 Å². The fraction of sp³-hybridized carbons (Fsp3) is 0.308.